The molecular weight excluding hydrogens is 259 g/mol. The van der Waals surface area contributed by atoms with Gasteiger partial charge in [-0.1, -0.05) is 22.5 Å². The van der Waals surface area contributed by atoms with Crippen LogP contribution in [0.2, 0.25) is 0 Å². The SMILES string of the molecule is C=C(C)C(=O)OCC(C)(Br)C(=O)Cl. The van der Waals surface area contributed by atoms with Crippen molar-refractivity contribution in [3.8, 4) is 0 Å². The van der Waals surface area contributed by atoms with Crippen LogP contribution in [0.15, 0.2) is 12.2 Å². The van der Waals surface area contributed by atoms with Crippen molar-refractivity contribution in [3.05, 3.63) is 12.2 Å². The monoisotopic (exact) mass is 268 g/mol. The second-order valence-corrected chi connectivity index (χ2v) is 4.92. The first kappa shape index (κ1) is 12.7. The number of alkyl halides is 1. The Labute approximate surface area is 90.2 Å². The predicted molar refractivity (Wildman–Crippen MR) is 54.0 cm³/mol. The average Bonchev–Trinajstić information content (AvgIpc) is 1.99. The molecule has 0 N–H and O–H groups in total. The third-order valence-electron chi connectivity index (χ3n) is 1.23. The van der Waals surface area contributed by atoms with E-state index in [0.717, 1.165) is 0 Å². The molecule has 0 aromatic heterocycles. The summed E-state index contributed by atoms with van der Waals surface area (Å²) in [4.78, 5) is 21.7. The molecule has 0 radical (unpaired) electrons. The van der Waals surface area contributed by atoms with Crippen LogP contribution in [0.25, 0.3) is 0 Å². The van der Waals surface area contributed by atoms with Crippen molar-refractivity contribution in [2.24, 2.45) is 0 Å². The lowest BCUT2D eigenvalue weighted by molar-refractivity contribution is -0.140. The van der Waals surface area contributed by atoms with Crippen LogP contribution in [-0.4, -0.2) is 22.1 Å². The van der Waals surface area contributed by atoms with Crippen molar-refractivity contribution in [2.45, 2.75) is 18.2 Å². The van der Waals surface area contributed by atoms with Gasteiger partial charge in [0.05, 0.1) is 0 Å². The Hall–Kier alpha value is -0.350. The molecule has 0 aliphatic carbocycles. The molecule has 0 heterocycles. The number of carbonyl (C=O) groups is 2. The molecule has 0 amide bonds. The summed E-state index contributed by atoms with van der Waals surface area (Å²) in [7, 11) is 0. The van der Waals surface area contributed by atoms with E-state index in [1.807, 2.05) is 0 Å². The van der Waals surface area contributed by atoms with Crippen LogP contribution in [0.3, 0.4) is 0 Å². The van der Waals surface area contributed by atoms with E-state index < -0.39 is 15.5 Å². The van der Waals surface area contributed by atoms with Gasteiger partial charge in [-0.3, -0.25) is 4.79 Å². The summed E-state index contributed by atoms with van der Waals surface area (Å²) in [5.41, 5.74) is 0.283. The summed E-state index contributed by atoms with van der Waals surface area (Å²) in [6.07, 6.45) is 0. The van der Waals surface area contributed by atoms with Gasteiger partial charge in [0.2, 0.25) is 5.24 Å². The van der Waals surface area contributed by atoms with Gasteiger partial charge >= 0.3 is 5.97 Å². The van der Waals surface area contributed by atoms with Crippen LogP contribution < -0.4 is 0 Å². The van der Waals surface area contributed by atoms with E-state index in [4.69, 9.17) is 16.3 Å². The lowest BCUT2D eigenvalue weighted by atomic mass is 10.2. The molecule has 0 aromatic carbocycles. The summed E-state index contributed by atoms with van der Waals surface area (Å²) < 4.78 is 3.71. The topological polar surface area (TPSA) is 43.4 Å². The fourth-order valence-corrected chi connectivity index (χ4v) is 0.550. The molecule has 1 atom stereocenters. The lowest BCUT2D eigenvalue weighted by Gasteiger charge is -2.16. The van der Waals surface area contributed by atoms with E-state index in [9.17, 15) is 9.59 Å². The van der Waals surface area contributed by atoms with Crippen LogP contribution in [0.4, 0.5) is 0 Å². The molecule has 0 aliphatic heterocycles. The molecule has 74 valence electrons. The summed E-state index contributed by atoms with van der Waals surface area (Å²) in [6.45, 7) is 6.33. The standard InChI is InChI=1S/C8H10BrClO3/c1-5(2)6(11)13-4-8(3,9)7(10)12/h1,4H2,2-3H3. The van der Waals surface area contributed by atoms with Gasteiger partial charge in [-0.2, -0.15) is 0 Å². The maximum atomic E-state index is 10.9. The zero-order valence-corrected chi connectivity index (χ0v) is 9.74. The van der Waals surface area contributed by atoms with Crippen LogP contribution in [-0.2, 0) is 14.3 Å². The largest absolute Gasteiger partial charge is 0.460 e. The highest BCUT2D eigenvalue weighted by Gasteiger charge is 2.30. The lowest BCUT2D eigenvalue weighted by Crippen LogP contribution is -2.31. The zero-order valence-electron chi connectivity index (χ0n) is 7.39. The summed E-state index contributed by atoms with van der Waals surface area (Å²) in [5.74, 6) is -0.538. The quantitative estimate of drug-likeness (QED) is 0.339. The fourth-order valence-electron chi connectivity index (χ4n) is 0.381. The van der Waals surface area contributed by atoms with Gasteiger partial charge in [-0.05, 0) is 25.4 Å². The Morgan fingerprint density at radius 1 is 1.62 bits per heavy atom. The molecule has 0 bridgehead atoms. The Bertz CT molecular complexity index is 248. The maximum Gasteiger partial charge on any atom is 0.333 e. The van der Waals surface area contributed by atoms with Gasteiger partial charge in [0.15, 0.2) is 0 Å². The predicted octanol–water partition coefficient (Wildman–Crippen LogP) is 2.02. The summed E-state index contributed by atoms with van der Waals surface area (Å²) >= 11 is 8.27. The molecule has 0 saturated carbocycles. The van der Waals surface area contributed by atoms with E-state index in [1.165, 1.54) is 13.8 Å². The molecular formula is C8H10BrClO3. The van der Waals surface area contributed by atoms with Crippen molar-refractivity contribution < 1.29 is 14.3 Å². The highest BCUT2D eigenvalue weighted by Crippen LogP contribution is 2.21. The first-order valence-corrected chi connectivity index (χ1v) is 4.66. The Morgan fingerprint density at radius 3 is 2.38 bits per heavy atom. The molecule has 0 rings (SSSR count). The minimum atomic E-state index is -1.03. The van der Waals surface area contributed by atoms with Gasteiger partial charge in [0, 0.05) is 5.57 Å². The Morgan fingerprint density at radius 2 is 2.08 bits per heavy atom. The third-order valence-corrected chi connectivity index (χ3v) is 2.47. The molecule has 0 aromatic rings. The summed E-state index contributed by atoms with van der Waals surface area (Å²) in [6, 6.07) is 0. The Balaban J connectivity index is 4.10. The normalized spacial score (nSPS) is 14.5. The van der Waals surface area contributed by atoms with Crippen molar-refractivity contribution >= 4 is 38.7 Å². The molecule has 0 aliphatic rings. The van der Waals surface area contributed by atoms with E-state index in [0.29, 0.717) is 0 Å². The molecule has 5 heteroatoms. The number of halogens is 2. The first-order chi connectivity index (χ1) is 5.77. The number of hydrogen-bond donors (Lipinski definition) is 0. The molecule has 3 nitrogen and oxygen atoms in total. The number of hydrogen-bond acceptors (Lipinski definition) is 3. The van der Waals surface area contributed by atoms with Crippen LogP contribution in [0.5, 0.6) is 0 Å². The summed E-state index contributed by atoms with van der Waals surface area (Å²) in [5, 5.41) is -0.609. The minimum Gasteiger partial charge on any atom is -0.460 e. The number of rotatable bonds is 4. The molecule has 0 fully saturated rings. The van der Waals surface area contributed by atoms with Crippen LogP contribution in [0, 0.1) is 0 Å². The van der Waals surface area contributed by atoms with E-state index in [2.05, 4.69) is 22.5 Å². The van der Waals surface area contributed by atoms with Gasteiger partial charge in [0.25, 0.3) is 0 Å². The number of ether oxygens (including phenoxy) is 1. The smallest absolute Gasteiger partial charge is 0.333 e. The molecule has 1 unspecified atom stereocenters. The van der Waals surface area contributed by atoms with E-state index in [1.54, 1.807) is 0 Å². The van der Waals surface area contributed by atoms with Crippen molar-refractivity contribution in [2.75, 3.05) is 6.61 Å². The molecule has 13 heavy (non-hydrogen) atoms. The first-order valence-electron chi connectivity index (χ1n) is 3.49. The third kappa shape index (κ3) is 4.43. The van der Waals surface area contributed by atoms with Crippen molar-refractivity contribution in [1.29, 1.82) is 0 Å². The zero-order chi connectivity index (χ0) is 10.6. The van der Waals surface area contributed by atoms with Gasteiger partial charge < -0.3 is 4.74 Å². The van der Waals surface area contributed by atoms with E-state index in [-0.39, 0.29) is 12.2 Å². The highest BCUT2D eigenvalue weighted by atomic mass is 79.9. The van der Waals surface area contributed by atoms with Crippen LogP contribution in [0.1, 0.15) is 13.8 Å². The maximum absolute atomic E-state index is 10.9. The van der Waals surface area contributed by atoms with E-state index >= 15 is 0 Å². The number of carbonyl (C=O) groups excluding carboxylic acids is 2. The van der Waals surface area contributed by atoms with Gasteiger partial charge in [-0.25, -0.2) is 4.79 Å². The van der Waals surface area contributed by atoms with Gasteiger partial charge in [-0.15, -0.1) is 0 Å². The fraction of sp³-hybridized carbons (Fsp3) is 0.500. The average molecular weight is 270 g/mol. The number of esters is 1. The molecule has 0 spiro atoms. The molecule has 0 saturated heterocycles. The van der Waals surface area contributed by atoms with Crippen LogP contribution >= 0.6 is 27.5 Å². The minimum absolute atomic E-state index is 0.110. The van der Waals surface area contributed by atoms with Gasteiger partial charge in [0.1, 0.15) is 10.9 Å². The van der Waals surface area contributed by atoms with Crippen molar-refractivity contribution in [3.63, 3.8) is 0 Å². The second kappa shape index (κ2) is 4.77. The second-order valence-electron chi connectivity index (χ2n) is 2.83. The Kier molecular flexibility index (Phi) is 4.64. The van der Waals surface area contributed by atoms with Crippen molar-refractivity contribution in [1.82, 2.24) is 0 Å². The highest BCUT2D eigenvalue weighted by molar-refractivity contribution is 9.10.